The Balaban J connectivity index is 1.48. The molecule has 0 spiro atoms. The maximum absolute atomic E-state index is 12.3. The standard InChI is InChI=1S/C14H23N3OS/c18-14(13-2-1-5-15-13)17-6-3-12(4-7-17)16-8-10-19-11-9-16/h1-2,12-13,15H,3-11H2. The van der Waals surface area contributed by atoms with E-state index in [9.17, 15) is 4.79 Å². The van der Waals surface area contributed by atoms with Crippen LogP contribution < -0.4 is 5.32 Å². The number of amides is 1. The van der Waals surface area contributed by atoms with Crippen molar-refractivity contribution in [2.45, 2.75) is 24.9 Å². The summed E-state index contributed by atoms with van der Waals surface area (Å²) < 4.78 is 0. The van der Waals surface area contributed by atoms with E-state index >= 15 is 0 Å². The van der Waals surface area contributed by atoms with E-state index in [2.05, 4.69) is 22.0 Å². The van der Waals surface area contributed by atoms with Crippen LogP contribution in [0.4, 0.5) is 0 Å². The Hall–Kier alpha value is -0.520. The van der Waals surface area contributed by atoms with Crippen LogP contribution in [0.5, 0.6) is 0 Å². The molecule has 3 aliphatic rings. The molecular weight excluding hydrogens is 258 g/mol. The van der Waals surface area contributed by atoms with Gasteiger partial charge in [0.1, 0.15) is 6.04 Å². The lowest BCUT2D eigenvalue weighted by atomic mass is 10.0. The smallest absolute Gasteiger partial charge is 0.243 e. The first kappa shape index (κ1) is 13.5. The highest BCUT2D eigenvalue weighted by Crippen LogP contribution is 2.21. The average Bonchev–Trinajstić information content (AvgIpc) is 3.02. The van der Waals surface area contributed by atoms with Gasteiger partial charge < -0.3 is 4.90 Å². The van der Waals surface area contributed by atoms with Crippen LogP contribution in [0.25, 0.3) is 0 Å². The summed E-state index contributed by atoms with van der Waals surface area (Å²) in [7, 11) is 0. The van der Waals surface area contributed by atoms with Gasteiger partial charge in [-0.15, -0.1) is 0 Å². The normalized spacial score (nSPS) is 29.9. The second-order valence-electron chi connectivity index (χ2n) is 5.52. The number of hydrogen-bond donors (Lipinski definition) is 1. The zero-order chi connectivity index (χ0) is 13.1. The van der Waals surface area contributed by atoms with Crippen LogP contribution in [0.15, 0.2) is 12.2 Å². The fourth-order valence-electron chi connectivity index (χ4n) is 3.23. The summed E-state index contributed by atoms with van der Waals surface area (Å²) in [4.78, 5) is 17.0. The van der Waals surface area contributed by atoms with Crippen LogP contribution in [0, 0.1) is 0 Å². The molecule has 0 aromatic heterocycles. The third-order valence-electron chi connectivity index (χ3n) is 4.39. The van der Waals surface area contributed by atoms with E-state index in [4.69, 9.17) is 0 Å². The third-order valence-corrected chi connectivity index (χ3v) is 5.33. The molecule has 1 amide bonds. The number of rotatable bonds is 2. The van der Waals surface area contributed by atoms with Gasteiger partial charge in [-0.25, -0.2) is 0 Å². The summed E-state index contributed by atoms with van der Waals surface area (Å²) in [6, 6.07) is 0.639. The molecule has 1 unspecified atom stereocenters. The van der Waals surface area contributed by atoms with Crippen molar-refractivity contribution in [1.82, 2.24) is 15.1 Å². The first-order valence-corrected chi connectivity index (χ1v) is 8.51. The largest absolute Gasteiger partial charge is 0.341 e. The van der Waals surface area contributed by atoms with Gasteiger partial charge in [0.2, 0.25) is 5.91 Å². The Kier molecular flexibility index (Phi) is 4.45. The zero-order valence-electron chi connectivity index (χ0n) is 11.4. The lowest BCUT2D eigenvalue weighted by molar-refractivity contribution is -0.133. The van der Waals surface area contributed by atoms with E-state index in [0.717, 1.165) is 32.5 Å². The van der Waals surface area contributed by atoms with Crippen molar-refractivity contribution in [2.75, 3.05) is 44.2 Å². The number of nitrogens with one attached hydrogen (secondary N) is 1. The first-order chi connectivity index (χ1) is 9.34. The molecule has 1 N–H and O–H groups in total. The quantitative estimate of drug-likeness (QED) is 0.750. The minimum atomic E-state index is -0.0667. The van der Waals surface area contributed by atoms with Gasteiger partial charge in [0.25, 0.3) is 0 Å². The van der Waals surface area contributed by atoms with Gasteiger partial charge in [0.15, 0.2) is 0 Å². The van der Waals surface area contributed by atoms with E-state index in [1.165, 1.54) is 24.6 Å². The lowest BCUT2D eigenvalue weighted by Gasteiger charge is -2.40. The molecule has 106 valence electrons. The molecule has 0 saturated carbocycles. The highest BCUT2D eigenvalue weighted by atomic mass is 32.2. The average molecular weight is 281 g/mol. The summed E-state index contributed by atoms with van der Waals surface area (Å²) in [6.45, 7) is 5.16. The summed E-state index contributed by atoms with van der Waals surface area (Å²) >= 11 is 2.06. The molecule has 3 rings (SSSR count). The van der Waals surface area contributed by atoms with Gasteiger partial charge in [0, 0.05) is 50.3 Å². The highest BCUT2D eigenvalue weighted by molar-refractivity contribution is 7.99. The van der Waals surface area contributed by atoms with Crippen molar-refractivity contribution < 1.29 is 4.79 Å². The SMILES string of the molecule is O=C(C1C=CCN1)N1CCC(N2CCSCC2)CC1. The molecule has 0 aromatic rings. The van der Waals surface area contributed by atoms with Gasteiger partial charge in [-0.1, -0.05) is 12.2 Å². The molecule has 3 aliphatic heterocycles. The number of hydrogen-bond acceptors (Lipinski definition) is 4. The Bertz CT molecular complexity index is 347. The Morgan fingerprint density at radius 1 is 1.16 bits per heavy atom. The summed E-state index contributed by atoms with van der Waals surface area (Å²) in [5.74, 6) is 2.81. The topological polar surface area (TPSA) is 35.6 Å². The van der Waals surface area contributed by atoms with Crippen LogP contribution in [-0.4, -0.2) is 72.0 Å². The second-order valence-corrected chi connectivity index (χ2v) is 6.74. The van der Waals surface area contributed by atoms with E-state index in [1.807, 2.05) is 17.1 Å². The molecule has 0 aliphatic carbocycles. The number of carbonyl (C=O) groups excluding carboxylic acids is 1. The summed E-state index contributed by atoms with van der Waals surface area (Å²) in [5, 5.41) is 3.21. The summed E-state index contributed by atoms with van der Waals surface area (Å²) in [6.07, 6.45) is 6.33. The third kappa shape index (κ3) is 3.15. The first-order valence-electron chi connectivity index (χ1n) is 7.35. The van der Waals surface area contributed by atoms with E-state index < -0.39 is 0 Å². The van der Waals surface area contributed by atoms with Crippen molar-refractivity contribution >= 4 is 17.7 Å². The monoisotopic (exact) mass is 281 g/mol. The predicted molar refractivity (Wildman–Crippen MR) is 79.4 cm³/mol. The highest BCUT2D eigenvalue weighted by Gasteiger charge is 2.30. The number of thioether (sulfide) groups is 1. The van der Waals surface area contributed by atoms with Gasteiger partial charge >= 0.3 is 0 Å². The van der Waals surface area contributed by atoms with Gasteiger partial charge in [-0.2, -0.15) is 11.8 Å². The van der Waals surface area contributed by atoms with Crippen molar-refractivity contribution in [3.05, 3.63) is 12.2 Å². The van der Waals surface area contributed by atoms with Gasteiger partial charge in [-0.05, 0) is 12.8 Å². The van der Waals surface area contributed by atoms with Crippen molar-refractivity contribution in [3.8, 4) is 0 Å². The number of piperidine rings is 1. The van der Waals surface area contributed by atoms with Crippen LogP contribution in [0.1, 0.15) is 12.8 Å². The number of carbonyl (C=O) groups is 1. The zero-order valence-corrected chi connectivity index (χ0v) is 12.2. The molecule has 0 bridgehead atoms. The summed E-state index contributed by atoms with van der Waals surface area (Å²) in [5.41, 5.74) is 0. The fourth-order valence-corrected chi connectivity index (χ4v) is 4.16. The predicted octanol–water partition coefficient (Wildman–Crippen LogP) is 0.554. The molecule has 3 heterocycles. The van der Waals surface area contributed by atoms with Crippen molar-refractivity contribution in [1.29, 1.82) is 0 Å². The Morgan fingerprint density at radius 2 is 1.89 bits per heavy atom. The molecule has 5 heteroatoms. The maximum Gasteiger partial charge on any atom is 0.243 e. The molecular formula is C14H23N3OS. The molecule has 4 nitrogen and oxygen atoms in total. The molecule has 19 heavy (non-hydrogen) atoms. The van der Waals surface area contributed by atoms with Crippen LogP contribution in [-0.2, 0) is 4.79 Å². The van der Waals surface area contributed by atoms with Crippen LogP contribution in [0.2, 0.25) is 0 Å². The minimum Gasteiger partial charge on any atom is -0.341 e. The van der Waals surface area contributed by atoms with E-state index in [-0.39, 0.29) is 11.9 Å². The van der Waals surface area contributed by atoms with Gasteiger partial charge in [-0.3, -0.25) is 15.0 Å². The fraction of sp³-hybridized carbons (Fsp3) is 0.786. The van der Waals surface area contributed by atoms with Crippen molar-refractivity contribution in [2.24, 2.45) is 0 Å². The number of nitrogens with zero attached hydrogens (tertiary/aromatic N) is 2. The minimum absolute atomic E-state index is 0.0667. The van der Waals surface area contributed by atoms with Crippen molar-refractivity contribution in [3.63, 3.8) is 0 Å². The van der Waals surface area contributed by atoms with E-state index in [1.54, 1.807) is 0 Å². The molecule has 0 radical (unpaired) electrons. The maximum atomic E-state index is 12.3. The lowest BCUT2D eigenvalue weighted by Crippen LogP contribution is -2.52. The Morgan fingerprint density at radius 3 is 2.53 bits per heavy atom. The van der Waals surface area contributed by atoms with E-state index in [0.29, 0.717) is 6.04 Å². The molecule has 1 atom stereocenters. The molecule has 2 saturated heterocycles. The second kappa shape index (κ2) is 6.29. The van der Waals surface area contributed by atoms with Crippen LogP contribution in [0.3, 0.4) is 0 Å². The molecule has 2 fully saturated rings. The Labute approximate surface area is 119 Å². The number of likely N-dealkylation sites (tertiary alicyclic amines) is 1. The van der Waals surface area contributed by atoms with Crippen LogP contribution >= 0.6 is 11.8 Å². The van der Waals surface area contributed by atoms with Gasteiger partial charge in [0.05, 0.1) is 0 Å². The molecule has 0 aromatic carbocycles.